The van der Waals surface area contributed by atoms with Gasteiger partial charge in [0.1, 0.15) is 12.1 Å². The molecule has 0 atom stereocenters. The van der Waals surface area contributed by atoms with Gasteiger partial charge in [0.05, 0.1) is 16.9 Å². The quantitative estimate of drug-likeness (QED) is 0.611. The zero-order valence-corrected chi connectivity index (χ0v) is 11.8. The molecule has 1 aromatic rings. The number of nitrogens with one attached hydrogen (secondary N) is 1. The molecule has 0 saturated heterocycles. The molecular formula is C14H15N5O2. The summed E-state index contributed by atoms with van der Waals surface area (Å²) in [6, 6.07) is 7.96. The third-order valence-corrected chi connectivity index (χ3v) is 2.84. The van der Waals surface area contributed by atoms with Gasteiger partial charge in [-0.3, -0.25) is 5.43 Å². The molecule has 7 nitrogen and oxygen atoms in total. The van der Waals surface area contributed by atoms with Crippen LogP contribution >= 0.6 is 0 Å². The molecule has 0 aromatic heterocycles. The Hall–Kier alpha value is -3.06. The second-order valence-corrected chi connectivity index (χ2v) is 4.01. The number of benzene rings is 1. The third-order valence-electron chi connectivity index (χ3n) is 2.84. The first-order valence-corrected chi connectivity index (χ1v) is 6.33. The summed E-state index contributed by atoms with van der Waals surface area (Å²) in [5.74, 6) is -1.05. The van der Waals surface area contributed by atoms with Gasteiger partial charge in [-0.2, -0.15) is 15.6 Å². The molecule has 7 heteroatoms. The molecule has 0 saturated carbocycles. The molecule has 108 valence electrons. The van der Waals surface area contributed by atoms with Gasteiger partial charge < -0.3 is 10.0 Å². The predicted octanol–water partition coefficient (Wildman–Crippen LogP) is 2.05. The molecule has 2 N–H and O–H groups in total. The summed E-state index contributed by atoms with van der Waals surface area (Å²) in [5.41, 5.74) is 3.31. The van der Waals surface area contributed by atoms with Crippen molar-refractivity contribution in [1.29, 1.82) is 10.5 Å². The Bertz CT molecular complexity index is 620. The second-order valence-electron chi connectivity index (χ2n) is 4.01. The van der Waals surface area contributed by atoms with Crippen LogP contribution in [0, 0.1) is 22.7 Å². The summed E-state index contributed by atoms with van der Waals surface area (Å²) in [6.07, 6.45) is 0. The minimum absolute atomic E-state index is 0.134. The molecule has 0 heterocycles. The van der Waals surface area contributed by atoms with Crippen molar-refractivity contribution < 1.29 is 9.90 Å². The van der Waals surface area contributed by atoms with E-state index >= 15 is 0 Å². The Balaban J connectivity index is 3.16. The fourth-order valence-corrected chi connectivity index (χ4v) is 1.81. The largest absolute Gasteiger partial charge is 0.478 e. The van der Waals surface area contributed by atoms with Gasteiger partial charge >= 0.3 is 5.97 Å². The van der Waals surface area contributed by atoms with Gasteiger partial charge in [0.25, 0.3) is 0 Å². The number of hydrogen-bond donors (Lipinski definition) is 2. The smallest absolute Gasteiger partial charge is 0.337 e. The molecule has 1 rings (SSSR count). The van der Waals surface area contributed by atoms with Crippen LogP contribution in [0.4, 0.5) is 11.4 Å². The van der Waals surface area contributed by atoms with Crippen molar-refractivity contribution in [1.82, 2.24) is 0 Å². The zero-order chi connectivity index (χ0) is 15.8. The molecule has 21 heavy (non-hydrogen) atoms. The highest BCUT2D eigenvalue weighted by Gasteiger charge is 2.15. The standard InChI is InChI=1S/C14H15N5O2/c1-3-19(4-2)13-6-5-10(7-12(13)14(20)21)17-18-11(8-15)9-16/h5-7,17H,3-4H2,1-2H3,(H,20,21). The van der Waals surface area contributed by atoms with E-state index in [2.05, 4.69) is 10.5 Å². The Labute approximate surface area is 122 Å². The highest BCUT2D eigenvalue weighted by atomic mass is 16.4. The van der Waals surface area contributed by atoms with Crippen LogP contribution < -0.4 is 10.3 Å². The van der Waals surface area contributed by atoms with Gasteiger partial charge in [0.2, 0.25) is 5.71 Å². The molecule has 1 aromatic carbocycles. The minimum Gasteiger partial charge on any atom is -0.478 e. The summed E-state index contributed by atoms with van der Waals surface area (Å²) in [5, 5.41) is 30.1. The number of carbonyl (C=O) groups is 1. The van der Waals surface area contributed by atoms with E-state index < -0.39 is 5.97 Å². The first-order chi connectivity index (χ1) is 10.1. The maximum absolute atomic E-state index is 11.4. The molecule has 0 unspecified atom stereocenters. The van der Waals surface area contributed by atoms with Crippen LogP contribution in [0.5, 0.6) is 0 Å². The second kappa shape index (κ2) is 7.51. The van der Waals surface area contributed by atoms with Crippen LogP contribution in [0.2, 0.25) is 0 Å². The lowest BCUT2D eigenvalue weighted by Crippen LogP contribution is -2.24. The molecule has 0 spiro atoms. The van der Waals surface area contributed by atoms with Crippen LogP contribution in [-0.4, -0.2) is 29.9 Å². The Morgan fingerprint density at radius 3 is 2.43 bits per heavy atom. The number of carboxylic acid groups (broad SMARTS) is 1. The topological polar surface area (TPSA) is 113 Å². The average molecular weight is 285 g/mol. The number of nitrogens with zero attached hydrogens (tertiary/aromatic N) is 4. The van der Waals surface area contributed by atoms with Gasteiger partial charge in [0, 0.05) is 13.1 Å². The maximum atomic E-state index is 11.4. The van der Waals surface area contributed by atoms with Gasteiger partial charge in [-0.15, -0.1) is 0 Å². The van der Waals surface area contributed by atoms with Gasteiger partial charge in [-0.1, -0.05) is 0 Å². The van der Waals surface area contributed by atoms with Crippen LogP contribution in [-0.2, 0) is 0 Å². The maximum Gasteiger partial charge on any atom is 0.337 e. The number of anilines is 2. The fourth-order valence-electron chi connectivity index (χ4n) is 1.81. The fraction of sp³-hybridized carbons (Fsp3) is 0.286. The summed E-state index contributed by atoms with van der Waals surface area (Å²) < 4.78 is 0. The van der Waals surface area contributed by atoms with Crippen LogP contribution in [0.25, 0.3) is 0 Å². The van der Waals surface area contributed by atoms with Crippen LogP contribution in [0.1, 0.15) is 24.2 Å². The molecule has 0 fully saturated rings. The van der Waals surface area contributed by atoms with E-state index in [0.717, 1.165) is 0 Å². The summed E-state index contributed by atoms with van der Waals surface area (Å²) in [6.45, 7) is 5.26. The Kier molecular flexibility index (Phi) is 5.72. The van der Waals surface area contributed by atoms with E-state index in [4.69, 9.17) is 10.5 Å². The summed E-state index contributed by atoms with van der Waals surface area (Å²) in [4.78, 5) is 13.3. The Morgan fingerprint density at radius 1 is 1.33 bits per heavy atom. The first-order valence-electron chi connectivity index (χ1n) is 6.33. The number of rotatable bonds is 6. The van der Waals surface area contributed by atoms with Crippen molar-refractivity contribution in [2.45, 2.75) is 13.8 Å². The lowest BCUT2D eigenvalue weighted by atomic mass is 10.1. The van der Waals surface area contributed by atoms with Gasteiger partial charge in [-0.05, 0) is 32.0 Å². The summed E-state index contributed by atoms with van der Waals surface area (Å²) in [7, 11) is 0. The van der Waals surface area contributed by atoms with E-state index in [9.17, 15) is 9.90 Å². The highest BCUT2D eigenvalue weighted by molar-refractivity contribution is 6.10. The number of nitriles is 2. The average Bonchev–Trinajstić information content (AvgIpc) is 2.50. The zero-order valence-electron chi connectivity index (χ0n) is 11.8. The number of hydrazone groups is 1. The van der Waals surface area contributed by atoms with Crippen molar-refractivity contribution >= 4 is 23.1 Å². The van der Waals surface area contributed by atoms with E-state index in [1.54, 1.807) is 24.3 Å². The molecule has 0 amide bonds. The van der Waals surface area contributed by atoms with Crippen molar-refractivity contribution in [2.24, 2.45) is 5.10 Å². The molecule has 0 bridgehead atoms. The lowest BCUT2D eigenvalue weighted by molar-refractivity contribution is 0.0697. The number of aromatic carboxylic acids is 1. The highest BCUT2D eigenvalue weighted by Crippen LogP contribution is 2.24. The van der Waals surface area contributed by atoms with Gasteiger partial charge in [-0.25, -0.2) is 4.79 Å². The summed E-state index contributed by atoms with van der Waals surface area (Å²) >= 11 is 0. The van der Waals surface area contributed by atoms with E-state index in [-0.39, 0.29) is 11.3 Å². The van der Waals surface area contributed by atoms with Gasteiger partial charge in [0.15, 0.2) is 0 Å². The predicted molar refractivity (Wildman–Crippen MR) is 79.2 cm³/mol. The molecule has 0 aliphatic rings. The van der Waals surface area contributed by atoms with Crippen LogP contribution in [0.15, 0.2) is 23.3 Å². The van der Waals surface area contributed by atoms with Crippen molar-refractivity contribution in [3.05, 3.63) is 23.8 Å². The monoisotopic (exact) mass is 285 g/mol. The molecule has 0 aliphatic heterocycles. The normalized spacial score (nSPS) is 9.14. The minimum atomic E-state index is -1.05. The molecule has 0 radical (unpaired) electrons. The number of carboxylic acids is 1. The molecule has 0 aliphatic carbocycles. The van der Waals surface area contributed by atoms with E-state index in [1.807, 2.05) is 18.7 Å². The van der Waals surface area contributed by atoms with Crippen LogP contribution in [0.3, 0.4) is 0 Å². The van der Waals surface area contributed by atoms with Crippen molar-refractivity contribution in [3.63, 3.8) is 0 Å². The molecular weight excluding hydrogens is 270 g/mol. The van der Waals surface area contributed by atoms with Crippen molar-refractivity contribution in [3.8, 4) is 12.1 Å². The first kappa shape index (κ1) is 16.0. The van der Waals surface area contributed by atoms with E-state index in [1.165, 1.54) is 6.07 Å². The SMILES string of the molecule is CCN(CC)c1ccc(NN=C(C#N)C#N)cc1C(=O)O. The third kappa shape index (κ3) is 3.95. The Morgan fingerprint density at radius 2 is 1.95 bits per heavy atom. The van der Waals surface area contributed by atoms with E-state index in [0.29, 0.717) is 24.5 Å². The lowest BCUT2D eigenvalue weighted by Gasteiger charge is -2.23. The van der Waals surface area contributed by atoms with Crippen molar-refractivity contribution in [2.75, 3.05) is 23.4 Å². The number of hydrogen-bond acceptors (Lipinski definition) is 6.